The molecule has 4 rings (SSSR count). The van der Waals surface area contributed by atoms with Crippen molar-refractivity contribution in [2.45, 2.75) is 44.2 Å². The molecule has 0 unspecified atom stereocenters. The van der Waals surface area contributed by atoms with Crippen molar-refractivity contribution in [1.82, 2.24) is 5.32 Å². The Morgan fingerprint density at radius 1 is 0.900 bits per heavy atom. The molecule has 0 saturated heterocycles. The maximum Gasteiger partial charge on any atom is 0.411 e. The van der Waals surface area contributed by atoms with Crippen molar-refractivity contribution in [1.29, 1.82) is 0 Å². The van der Waals surface area contributed by atoms with Gasteiger partial charge in [-0.05, 0) is 47.7 Å². The van der Waals surface area contributed by atoms with Gasteiger partial charge in [-0.1, -0.05) is 60.7 Å². The minimum atomic E-state index is -0.450. The number of carbonyl (C=O) groups excluding carboxylic acids is 2. The summed E-state index contributed by atoms with van der Waals surface area (Å²) in [4.78, 5) is 24.8. The summed E-state index contributed by atoms with van der Waals surface area (Å²) in [5, 5.41) is 8.13. The Kier molecular flexibility index (Phi) is 6.28. The molecule has 0 aliphatic heterocycles. The molecule has 154 valence electrons. The number of ether oxygens (including phenoxy) is 1. The van der Waals surface area contributed by atoms with Gasteiger partial charge in [-0.25, -0.2) is 4.79 Å². The first kappa shape index (κ1) is 20.0. The van der Waals surface area contributed by atoms with E-state index in [0.29, 0.717) is 18.5 Å². The molecule has 0 radical (unpaired) electrons. The fraction of sp³-hybridized carbons (Fsp3) is 0.280. The minimum absolute atomic E-state index is 0.00531. The molecule has 3 aromatic rings. The topological polar surface area (TPSA) is 67.4 Å². The predicted octanol–water partition coefficient (Wildman–Crippen LogP) is 5.06. The molecule has 1 aliphatic rings. The lowest BCUT2D eigenvalue weighted by Crippen LogP contribution is -2.41. The highest BCUT2D eigenvalue weighted by atomic mass is 16.6. The maximum atomic E-state index is 12.7. The van der Waals surface area contributed by atoms with Crippen LogP contribution in [0.1, 0.15) is 31.2 Å². The van der Waals surface area contributed by atoms with Crippen molar-refractivity contribution in [2.24, 2.45) is 0 Å². The van der Waals surface area contributed by atoms with Crippen LogP contribution in [0.15, 0.2) is 72.8 Å². The molecule has 0 spiro atoms. The molecule has 5 nitrogen and oxygen atoms in total. The largest absolute Gasteiger partial charge is 0.446 e. The lowest BCUT2D eigenvalue weighted by Gasteiger charge is -2.29. The summed E-state index contributed by atoms with van der Waals surface area (Å²) in [7, 11) is 0. The van der Waals surface area contributed by atoms with Crippen LogP contribution >= 0.6 is 0 Å². The Labute approximate surface area is 176 Å². The molecular weight excluding hydrogens is 376 g/mol. The van der Waals surface area contributed by atoms with Gasteiger partial charge in [0.1, 0.15) is 6.10 Å². The first-order valence-electron chi connectivity index (χ1n) is 10.5. The Bertz CT molecular complexity index is 1010. The standard InChI is InChI=1S/C25H26N2O3/c28-24(16-19-10-6-9-18-8-4-5-15-23(18)19)26-21-13-7-14-22(17-21)30-25(29)27-20-11-2-1-3-12-20/h1-6,8-12,15,21-22H,7,13-14,16-17H2,(H,26,28)(H,27,29)/t21-,22-/m0/s1. The Hall–Kier alpha value is -3.34. The van der Waals surface area contributed by atoms with E-state index in [1.165, 1.54) is 0 Å². The fourth-order valence-corrected chi connectivity index (χ4v) is 4.10. The number of para-hydroxylation sites is 1. The van der Waals surface area contributed by atoms with Crippen molar-refractivity contribution in [3.05, 3.63) is 78.4 Å². The normalized spacial score (nSPS) is 18.5. The summed E-state index contributed by atoms with van der Waals surface area (Å²) < 4.78 is 5.58. The van der Waals surface area contributed by atoms with Crippen LogP contribution in [0.4, 0.5) is 10.5 Å². The van der Waals surface area contributed by atoms with Crippen LogP contribution in [0.2, 0.25) is 0 Å². The summed E-state index contributed by atoms with van der Waals surface area (Å²) in [6, 6.07) is 23.4. The first-order chi connectivity index (χ1) is 14.7. The van der Waals surface area contributed by atoms with Crippen molar-refractivity contribution in [3.8, 4) is 0 Å². The van der Waals surface area contributed by atoms with Gasteiger partial charge in [-0.2, -0.15) is 0 Å². The summed E-state index contributed by atoms with van der Waals surface area (Å²) in [5.41, 5.74) is 1.73. The van der Waals surface area contributed by atoms with Gasteiger partial charge in [0.25, 0.3) is 0 Å². The Morgan fingerprint density at radius 3 is 2.53 bits per heavy atom. The number of carbonyl (C=O) groups is 2. The van der Waals surface area contributed by atoms with Gasteiger partial charge in [0.15, 0.2) is 0 Å². The minimum Gasteiger partial charge on any atom is -0.446 e. The van der Waals surface area contributed by atoms with Gasteiger partial charge in [-0.3, -0.25) is 10.1 Å². The van der Waals surface area contributed by atoms with Gasteiger partial charge in [0.05, 0.1) is 6.42 Å². The number of hydrogen-bond donors (Lipinski definition) is 2. The van der Waals surface area contributed by atoms with Crippen LogP contribution in [0.3, 0.4) is 0 Å². The summed E-state index contributed by atoms with van der Waals surface area (Å²) in [5.74, 6) is 0.00531. The molecule has 1 aliphatic carbocycles. The molecular formula is C25H26N2O3. The zero-order valence-corrected chi connectivity index (χ0v) is 16.8. The second kappa shape index (κ2) is 9.44. The lowest BCUT2D eigenvalue weighted by atomic mass is 9.92. The van der Waals surface area contributed by atoms with Crippen molar-refractivity contribution >= 4 is 28.5 Å². The highest BCUT2D eigenvalue weighted by Crippen LogP contribution is 2.23. The third-order valence-corrected chi connectivity index (χ3v) is 5.52. The van der Waals surface area contributed by atoms with Crippen LogP contribution in [0.5, 0.6) is 0 Å². The van der Waals surface area contributed by atoms with E-state index in [-0.39, 0.29) is 18.1 Å². The molecule has 2 atom stereocenters. The second-order valence-corrected chi connectivity index (χ2v) is 7.76. The maximum absolute atomic E-state index is 12.7. The van der Waals surface area contributed by atoms with Gasteiger partial charge >= 0.3 is 6.09 Å². The summed E-state index contributed by atoms with van der Waals surface area (Å²) in [6.45, 7) is 0. The van der Waals surface area contributed by atoms with Gasteiger partial charge in [0.2, 0.25) is 5.91 Å². The average molecular weight is 402 g/mol. The quantitative estimate of drug-likeness (QED) is 0.627. The smallest absolute Gasteiger partial charge is 0.411 e. The van der Waals surface area contributed by atoms with E-state index in [2.05, 4.69) is 22.8 Å². The first-order valence-corrected chi connectivity index (χ1v) is 10.5. The lowest BCUT2D eigenvalue weighted by molar-refractivity contribution is -0.121. The average Bonchev–Trinajstić information content (AvgIpc) is 2.75. The van der Waals surface area contributed by atoms with Crippen LogP contribution in [-0.2, 0) is 16.0 Å². The number of anilines is 1. The molecule has 2 amide bonds. The number of rotatable bonds is 5. The fourth-order valence-electron chi connectivity index (χ4n) is 4.10. The number of fused-ring (bicyclic) bond motifs is 1. The highest BCUT2D eigenvalue weighted by molar-refractivity contribution is 5.90. The third-order valence-electron chi connectivity index (χ3n) is 5.52. The van der Waals surface area contributed by atoms with E-state index < -0.39 is 6.09 Å². The molecule has 1 saturated carbocycles. The van der Waals surface area contributed by atoms with E-state index in [4.69, 9.17) is 4.74 Å². The zero-order chi connectivity index (χ0) is 20.8. The predicted molar refractivity (Wildman–Crippen MR) is 118 cm³/mol. The van der Waals surface area contributed by atoms with Crippen LogP contribution in [0, 0.1) is 0 Å². The molecule has 0 aromatic heterocycles. The molecule has 0 heterocycles. The van der Waals surface area contributed by atoms with E-state index in [0.717, 1.165) is 35.6 Å². The van der Waals surface area contributed by atoms with Gasteiger partial charge in [-0.15, -0.1) is 0 Å². The third kappa shape index (κ3) is 5.17. The molecule has 5 heteroatoms. The van der Waals surface area contributed by atoms with E-state index >= 15 is 0 Å². The Morgan fingerprint density at radius 2 is 1.67 bits per heavy atom. The molecule has 2 N–H and O–H groups in total. The number of benzene rings is 3. The van der Waals surface area contributed by atoms with E-state index in [1.807, 2.05) is 60.7 Å². The van der Waals surface area contributed by atoms with Gasteiger partial charge in [0, 0.05) is 18.2 Å². The molecule has 0 bridgehead atoms. The summed E-state index contributed by atoms with van der Waals surface area (Å²) in [6.07, 6.45) is 2.99. The van der Waals surface area contributed by atoms with Gasteiger partial charge < -0.3 is 10.1 Å². The van der Waals surface area contributed by atoms with Crippen LogP contribution in [0.25, 0.3) is 10.8 Å². The summed E-state index contributed by atoms with van der Waals surface area (Å²) >= 11 is 0. The van der Waals surface area contributed by atoms with Crippen molar-refractivity contribution in [2.75, 3.05) is 5.32 Å². The number of hydrogen-bond acceptors (Lipinski definition) is 3. The van der Waals surface area contributed by atoms with Crippen molar-refractivity contribution < 1.29 is 14.3 Å². The highest BCUT2D eigenvalue weighted by Gasteiger charge is 2.26. The number of amides is 2. The van der Waals surface area contributed by atoms with E-state index in [1.54, 1.807) is 0 Å². The molecule has 30 heavy (non-hydrogen) atoms. The Balaban J connectivity index is 1.30. The SMILES string of the molecule is O=C(Cc1cccc2ccccc12)N[C@H]1CCC[C@H](OC(=O)Nc2ccccc2)C1. The second-order valence-electron chi connectivity index (χ2n) is 7.76. The van der Waals surface area contributed by atoms with Crippen LogP contribution in [-0.4, -0.2) is 24.1 Å². The monoisotopic (exact) mass is 402 g/mol. The van der Waals surface area contributed by atoms with Crippen LogP contribution < -0.4 is 10.6 Å². The molecule has 1 fully saturated rings. The zero-order valence-electron chi connectivity index (χ0n) is 16.8. The van der Waals surface area contributed by atoms with Crippen molar-refractivity contribution in [3.63, 3.8) is 0 Å². The number of nitrogens with one attached hydrogen (secondary N) is 2. The van der Waals surface area contributed by atoms with E-state index in [9.17, 15) is 9.59 Å². The molecule has 3 aromatic carbocycles.